The van der Waals surface area contributed by atoms with Crippen LogP contribution in [0.4, 0.5) is 4.39 Å². The molecular formula is C32H30FN5O2. The van der Waals surface area contributed by atoms with Crippen molar-refractivity contribution in [2.75, 3.05) is 6.54 Å². The normalized spacial score (nSPS) is 11.8. The van der Waals surface area contributed by atoms with E-state index in [1.807, 2.05) is 79.7 Å². The van der Waals surface area contributed by atoms with Gasteiger partial charge in [-0.25, -0.2) is 9.07 Å². The molecular weight excluding hydrogens is 505 g/mol. The van der Waals surface area contributed by atoms with E-state index in [2.05, 4.69) is 21.7 Å². The van der Waals surface area contributed by atoms with Gasteiger partial charge in [0.15, 0.2) is 0 Å². The molecule has 0 saturated heterocycles. The SMILES string of the molecule is Cc1cccc(CCN(C(=O)Cn2nnc3ccccc32)[C@@H](C(=O)NCc2ccc(F)cc2)c2ccccc2)c1. The van der Waals surface area contributed by atoms with E-state index in [0.717, 1.165) is 22.2 Å². The Morgan fingerprint density at radius 2 is 1.65 bits per heavy atom. The van der Waals surface area contributed by atoms with Gasteiger partial charge in [-0.15, -0.1) is 5.10 Å². The van der Waals surface area contributed by atoms with Gasteiger partial charge >= 0.3 is 0 Å². The highest BCUT2D eigenvalue weighted by Gasteiger charge is 2.31. The van der Waals surface area contributed by atoms with Crippen LogP contribution in [-0.4, -0.2) is 38.3 Å². The molecule has 0 radical (unpaired) electrons. The van der Waals surface area contributed by atoms with Crippen LogP contribution >= 0.6 is 0 Å². The molecule has 1 aromatic heterocycles. The summed E-state index contributed by atoms with van der Waals surface area (Å²) < 4.78 is 15.0. The second-order valence-corrected chi connectivity index (χ2v) is 9.72. The molecule has 0 spiro atoms. The lowest BCUT2D eigenvalue weighted by Crippen LogP contribution is -2.45. The lowest BCUT2D eigenvalue weighted by molar-refractivity contribution is -0.141. The molecule has 1 N–H and O–H groups in total. The number of halogens is 1. The lowest BCUT2D eigenvalue weighted by atomic mass is 10.0. The number of aryl methyl sites for hydroxylation is 1. The molecule has 202 valence electrons. The van der Waals surface area contributed by atoms with Gasteiger partial charge < -0.3 is 10.2 Å². The highest BCUT2D eigenvalue weighted by molar-refractivity contribution is 5.89. The van der Waals surface area contributed by atoms with Crippen molar-refractivity contribution in [3.63, 3.8) is 0 Å². The zero-order chi connectivity index (χ0) is 27.9. The fourth-order valence-electron chi connectivity index (χ4n) is 4.76. The van der Waals surface area contributed by atoms with E-state index in [-0.39, 0.29) is 30.7 Å². The average molecular weight is 536 g/mol. The zero-order valence-corrected chi connectivity index (χ0v) is 22.2. The maximum absolute atomic E-state index is 14.0. The van der Waals surface area contributed by atoms with Gasteiger partial charge in [-0.3, -0.25) is 9.59 Å². The molecule has 0 bridgehead atoms. The molecule has 5 aromatic rings. The quantitative estimate of drug-likeness (QED) is 0.273. The molecule has 0 aliphatic rings. The number of aromatic nitrogens is 3. The maximum atomic E-state index is 14.0. The van der Waals surface area contributed by atoms with E-state index >= 15 is 0 Å². The summed E-state index contributed by atoms with van der Waals surface area (Å²) in [7, 11) is 0. The van der Waals surface area contributed by atoms with Crippen molar-refractivity contribution in [2.24, 2.45) is 0 Å². The number of carbonyl (C=O) groups is 2. The van der Waals surface area contributed by atoms with Crippen LogP contribution in [0.2, 0.25) is 0 Å². The number of fused-ring (bicyclic) bond motifs is 1. The molecule has 2 amide bonds. The average Bonchev–Trinajstić information content (AvgIpc) is 3.38. The second-order valence-electron chi connectivity index (χ2n) is 9.72. The monoisotopic (exact) mass is 535 g/mol. The van der Waals surface area contributed by atoms with Crippen LogP contribution in [0.25, 0.3) is 11.0 Å². The fourth-order valence-corrected chi connectivity index (χ4v) is 4.76. The minimum atomic E-state index is -0.881. The fraction of sp³-hybridized carbons (Fsp3) is 0.188. The number of hydrogen-bond acceptors (Lipinski definition) is 4. The lowest BCUT2D eigenvalue weighted by Gasteiger charge is -2.31. The summed E-state index contributed by atoms with van der Waals surface area (Å²) in [5.41, 5.74) is 5.09. The zero-order valence-electron chi connectivity index (χ0n) is 22.2. The highest BCUT2D eigenvalue weighted by atomic mass is 19.1. The van der Waals surface area contributed by atoms with E-state index in [1.54, 1.807) is 21.7 Å². The Balaban J connectivity index is 1.46. The number of amides is 2. The van der Waals surface area contributed by atoms with Crippen LogP contribution in [0.5, 0.6) is 0 Å². The Kier molecular flexibility index (Phi) is 8.25. The number of hydrogen-bond donors (Lipinski definition) is 1. The molecule has 1 atom stereocenters. The van der Waals surface area contributed by atoms with Crippen molar-refractivity contribution in [1.82, 2.24) is 25.2 Å². The molecule has 0 fully saturated rings. The van der Waals surface area contributed by atoms with Crippen LogP contribution in [0.1, 0.15) is 28.3 Å². The smallest absolute Gasteiger partial charge is 0.247 e. The Labute approximate surface area is 232 Å². The Morgan fingerprint density at radius 3 is 2.42 bits per heavy atom. The van der Waals surface area contributed by atoms with E-state index in [9.17, 15) is 14.0 Å². The van der Waals surface area contributed by atoms with Crippen LogP contribution < -0.4 is 5.32 Å². The van der Waals surface area contributed by atoms with Crippen molar-refractivity contribution >= 4 is 22.8 Å². The molecule has 1 heterocycles. The number of nitrogens with zero attached hydrogens (tertiary/aromatic N) is 4. The van der Waals surface area contributed by atoms with Gasteiger partial charge in [-0.2, -0.15) is 0 Å². The summed E-state index contributed by atoms with van der Waals surface area (Å²) >= 11 is 0. The largest absolute Gasteiger partial charge is 0.350 e. The first-order chi connectivity index (χ1) is 19.5. The van der Waals surface area contributed by atoms with Crippen molar-refractivity contribution < 1.29 is 14.0 Å². The van der Waals surface area contributed by atoms with Crippen LogP contribution in [0.15, 0.2) is 103 Å². The maximum Gasteiger partial charge on any atom is 0.247 e. The topological polar surface area (TPSA) is 80.1 Å². The van der Waals surface area contributed by atoms with E-state index < -0.39 is 6.04 Å². The molecule has 4 aromatic carbocycles. The Hall–Kier alpha value is -4.85. The first-order valence-electron chi connectivity index (χ1n) is 13.2. The number of rotatable bonds is 10. The molecule has 0 unspecified atom stereocenters. The first-order valence-corrected chi connectivity index (χ1v) is 13.2. The van der Waals surface area contributed by atoms with E-state index in [0.29, 0.717) is 24.0 Å². The van der Waals surface area contributed by atoms with Crippen LogP contribution in [0.3, 0.4) is 0 Å². The third-order valence-corrected chi connectivity index (χ3v) is 6.80. The summed E-state index contributed by atoms with van der Waals surface area (Å²) in [6.45, 7) is 2.48. The van der Waals surface area contributed by atoms with E-state index in [1.165, 1.54) is 12.1 Å². The standard InChI is InChI=1S/C32H30FN5O2/c1-23-8-7-9-24(20-23)18-19-37(30(39)22-38-29-13-6-5-12-28(29)35-36-38)31(26-10-3-2-4-11-26)32(40)34-21-25-14-16-27(33)17-15-25/h2-17,20,31H,18-19,21-22H2,1H3,(H,34,40)/t31-/m1/s1. The number of benzene rings is 4. The predicted molar refractivity (Wildman–Crippen MR) is 152 cm³/mol. The van der Waals surface area contributed by atoms with Gasteiger partial charge in [0, 0.05) is 13.1 Å². The number of nitrogens with one attached hydrogen (secondary N) is 1. The minimum Gasteiger partial charge on any atom is -0.350 e. The summed E-state index contributed by atoms with van der Waals surface area (Å²) in [5, 5.41) is 11.3. The number of para-hydroxylation sites is 1. The molecule has 0 aliphatic heterocycles. The number of carbonyl (C=O) groups excluding carboxylic acids is 2. The van der Waals surface area contributed by atoms with Crippen molar-refractivity contribution in [1.29, 1.82) is 0 Å². The first kappa shape index (κ1) is 26.7. The summed E-state index contributed by atoms with van der Waals surface area (Å²) in [5.74, 6) is -0.920. The van der Waals surface area contributed by atoms with Gasteiger partial charge in [-0.05, 0) is 54.3 Å². The van der Waals surface area contributed by atoms with Crippen molar-refractivity contribution in [2.45, 2.75) is 32.5 Å². The van der Waals surface area contributed by atoms with Crippen molar-refractivity contribution in [3.05, 3.63) is 131 Å². The predicted octanol–water partition coefficient (Wildman–Crippen LogP) is 5.01. The Morgan fingerprint density at radius 1 is 0.900 bits per heavy atom. The molecule has 5 rings (SSSR count). The Bertz CT molecular complexity index is 1600. The van der Waals surface area contributed by atoms with Crippen molar-refractivity contribution in [3.8, 4) is 0 Å². The summed E-state index contributed by atoms with van der Waals surface area (Å²) in [6.07, 6.45) is 0.570. The van der Waals surface area contributed by atoms with E-state index in [4.69, 9.17) is 0 Å². The molecule has 8 heteroatoms. The second kappa shape index (κ2) is 12.3. The molecule has 7 nitrogen and oxygen atoms in total. The third-order valence-electron chi connectivity index (χ3n) is 6.80. The van der Waals surface area contributed by atoms with Gasteiger partial charge in [0.25, 0.3) is 0 Å². The van der Waals surface area contributed by atoms with Crippen LogP contribution in [0, 0.1) is 12.7 Å². The molecule has 0 aliphatic carbocycles. The van der Waals surface area contributed by atoms with Gasteiger partial charge in [0.1, 0.15) is 23.9 Å². The summed E-state index contributed by atoms with van der Waals surface area (Å²) in [4.78, 5) is 29.4. The molecule has 0 saturated carbocycles. The third kappa shape index (κ3) is 6.40. The minimum absolute atomic E-state index is 0.0666. The van der Waals surface area contributed by atoms with Gasteiger partial charge in [0.05, 0.1) is 5.52 Å². The summed E-state index contributed by atoms with van der Waals surface area (Å²) in [6, 6.07) is 29.9. The molecule has 40 heavy (non-hydrogen) atoms. The van der Waals surface area contributed by atoms with Crippen LogP contribution in [-0.2, 0) is 29.1 Å². The van der Waals surface area contributed by atoms with Gasteiger partial charge in [-0.1, -0.05) is 89.6 Å². The highest BCUT2D eigenvalue weighted by Crippen LogP contribution is 2.24. The van der Waals surface area contributed by atoms with Gasteiger partial charge in [0.2, 0.25) is 11.8 Å².